The van der Waals surface area contributed by atoms with Crippen LogP contribution in [0.5, 0.6) is 5.75 Å². The van der Waals surface area contributed by atoms with E-state index in [0.29, 0.717) is 0 Å². The fourth-order valence-electron chi connectivity index (χ4n) is 3.97. The lowest BCUT2D eigenvalue weighted by Gasteiger charge is -2.28. The van der Waals surface area contributed by atoms with Gasteiger partial charge in [0.15, 0.2) is 0 Å². The van der Waals surface area contributed by atoms with Crippen LogP contribution in [0, 0.1) is 5.92 Å². The molecule has 1 fully saturated rings. The van der Waals surface area contributed by atoms with E-state index in [9.17, 15) is 0 Å². The van der Waals surface area contributed by atoms with Crippen LogP contribution >= 0.6 is 22.2 Å². The van der Waals surface area contributed by atoms with Crippen LogP contribution in [0.3, 0.4) is 0 Å². The van der Waals surface area contributed by atoms with Gasteiger partial charge in [0.05, 0.1) is 6.61 Å². The summed E-state index contributed by atoms with van der Waals surface area (Å²) < 4.78 is 5.88. The molecule has 25 heavy (non-hydrogen) atoms. The largest absolute Gasteiger partial charge is 0.494 e. The maximum atomic E-state index is 5.88. The highest BCUT2D eigenvalue weighted by molar-refractivity contribution is 7.33. The number of unbranched alkanes of at least 4 members (excludes halogenated alkanes) is 3. The van der Waals surface area contributed by atoms with Crippen molar-refractivity contribution in [3.05, 3.63) is 29.8 Å². The van der Waals surface area contributed by atoms with E-state index in [4.69, 9.17) is 26.9 Å². The van der Waals surface area contributed by atoms with Crippen molar-refractivity contribution in [2.75, 3.05) is 6.61 Å². The van der Waals surface area contributed by atoms with Crippen molar-refractivity contribution in [3.63, 3.8) is 0 Å². The predicted molar refractivity (Wildman–Crippen MR) is 114 cm³/mol. The summed E-state index contributed by atoms with van der Waals surface area (Å²) >= 11 is 11.7. The standard InChI is InChI=1S/C21H34Cl2OSi/c1-2-7-18-8-10-19(11-9-18)20-12-14-21(15-13-20)24-16-5-3-4-6-17-25(22)23/h12-15,18-19,25H,2-11,16-17H2,1H3. The van der Waals surface area contributed by atoms with Gasteiger partial charge in [0.1, 0.15) is 5.75 Å². The minimum Gasteiger partial charge on any atom is -0.494 e. The van der Waals surface area contributed by atoms with Gasteiger partial charge in [-0.05, 0) is 67.7 Å². The van der Waals surface area contributed by atoms with Crippen molar-refractivity contribution in [3.8, 4) is 5.75 Å². The monoisotopic (exact) mass is 400 g/mol. The van der Waals surface area contributed by atoms with Crippen LogP contribution in [0.25, 0.3) is 0 Å². The third-order valence-corrected chi connectivity index (χ3v) is 7.63. The molecule has 142 valence electrons. The molecule has 4 heteroatoms. The summed E-state index contributed by atoms with van der Waals surface area (Å²) in [5.74, 6) is 2.75. The van der Waals surface area contributed by atoms with Crippen LogP contribution < -0.4 is 4.74 Å². The van der Waals surface area contributed by atoms with E-state index < -0.39 is 7.42 Å². The second-order valence-electron chi connectivity index (χ2n) is 7.52. The zero-order valence-electron chi connectivity index (χ0n) is 15.7. The second kappa shape index (κ2) is 12.2. The molecule has 0 aliphatic heterocycles. The van der Waals surface area contributed by atoms with Crippen LogP contribution in [-0.4, -0.2) is 14.0 Å². The number of ether oxygens (including phenoxy) is 1. The molecule has 0 saturated heterocycles. The Morgan fingerprint density at radius 1 is 0.960 bits per heavy atom. The summed E-state index contributed by atoms with van der Waals surface area (Å²) in [6, 6.07) is 9.92. The van der Waals surface area contributed by atoms with Gasteiger partial charge in [-0.1, -0.05) is 51.2 Å². The van der Waals surface area contributed by atoms with E-state index in [1.54, 1.807) is 0 Å². The minimum atomic E-state index is -1.39. The molecule has 1 aliphatic rings. The SMILES string of the molecule is CCCC1CCC(c2ccc(OCCCCCC[SiH](Cl)Cl)cc2)CC1. The van der Waals surface area contributed by atoms with Gasteiger partial charge in [0.25, 0.3) is 0 Å². The first-order valence-corrected chi connectivity index (χ1v) is 14.5. The zero-order chi connectivity index (χ0) is 17.9. The van der Waals surface area contributed by atoms with Crippen molar-refractivity contribution in [1.29, 1.82) is 0 Å². The van der Waals surface area contributed by atoms with Crippen molar-refractivity contribution in [2.45, 2.75) is 83.1 Å². The molecule has 0 bridgehead atoms. The third kappa shape index (κ3) is 8.36. The van der Waals surface area contributed by atoms with Gasteiger partial charge in [-0.2, -0.15) is 22.2 Å². The summed E-state index contributed by atoms with van der Waals surface area (Å²) in [5.41, 5.74) is 1.50. The number of hydrogen-bond donors (Lipinski definition) is 0. The number of halogens is 2. The first-order valence-electron chi connectivity index (χ1n) is 10.2. The fourth-order valence-corrected chi connectivity index (χ4v) is 5.50. The van der Waals surface area contributed by atoms with Crippen LogP contribution in [0.2, 0.25) is 6.04 Å². The molecule has 0 heterocycles. The van der Waals surface area contributed by atoms with Crippen molar-refractivity contribution in [1.82, 2.24) is 0 Å². The Bertz CT molecular complexity index is 455. The van der Waals surface area contributed by atoms with Gasteiger partial charge in [0, 0.05) is 0 Å². The summed E-state index contributed by atoms with van der Waals surface area (Å²) in [5, 5.41) is 0. The second-order valence-corrected chi connectivity index (χ2v) is 12.7. The molecular formula is C21H34Cl2OSi. The van der Waals surface area contributed by atoms with Gasteiger partial charge < -0.3 is 4.74 Å². The molecule has 1 nitrogen and oxygen atoms in total. The van der Waals surface area contributed by atoms with Crippen LogP contribution in [0.1, 0.15) is 82.6 Å². The molecule has 1 saturated carbocycles. The summed E-state index contributed by atoms with van der Waals surface area (Å²) in [6.07, 6.45) is 13.0. The fraction of sp³-hybridized carbons (Fsp3) is 0.714. The lowest BCUT2D eigenvalue weighted by Crippen LogP contribution is -2.13. The van der Waals surface area contributed by atoms with Gasteiger partial charge in [-0.3, -0.25) is 0 Å². The highest BCUT2D eigenvalue weighted by Gasteiger charge is 2.21. The van der Waals surface area contributed by atoms with Crippen LogP contribution in [0.15, 0.2) is 24.3 Å². The van der Waals surface area contributed by atoms with Crippen molar-refractivity contribution in [2.24, 2.45) is 5.92 Å². The highest BCUT2D eigenvalue weighted by atomic mass is 35.7. The van der Waals surface area contributed by atoms with Crippen molar-refractivity contribution >= 4 is 29.6 Å². The quantitative estimate of drug-likeness (QED) is 0.213. The molecule has 1 aromatic rings. The average molecular weight is 401 g/mol. The summed E-state index contributed by atoms with van der Waals surface area (Å²) in [6.45, 7) is 3.12. The third-order valence-electron chi connectivity index (χ3n) is 5.48. The van der Waals surface area contributed by atoms with Crippen LogP contribution in [-0.2, 0) is 0 Å². The van der Waals surface area contributed by atoms with E-state index >= 15 is 0 Å². The molecule has 0 N–H and O–H groups in total. The Hall–Kier alpha value is -0.183. The number of rotatable bonds is 11. The van der Waals surface area contributed by atoms with E-state index in [-0.39, 0.29) is 0 Å². The normalized spacial score (nSPS) is 20.8. The van der Waals surface area contributed by atoms with Gasteiger partial charge >= 0.3 is 0 Å². The molecular weight excluding hydrogens is 367 g/mol. The molecule has 0 atom stereocenters. The Balaban J connectivity index is 1.62. The molecule has 1 aromatic carbocycles. The minimum absolute atomic E-state index is 0.762. The molecule has 0 aromatic heterocycles. The summed E-state index contributed by atoms with van der Waals surface area (Å²) in [7, 11) is -1.39. The molecule has 0 unspecified atom stereocenters. The molecule has 1 aliphatic carbocycles. The number of benzene rings is 1. The smallest absolute Gasteiger partial charge is 0.237 e. The van der Waals surface area contributed by atoms with Gasteiger partial charge in [-0.15, -0.1) is 0 Å². The molecule has 0 radical (unpaired) electrons. The van der Waals surface area contributed by atoms with Crippen LogP contribution in [0.4, 0.5) is 0 Å². The van der Waals surface area contributed by atoms with E-state index in [1.165, 1.54) is 63.4 Å². The maximum Gasteiger partial charge on any atom is 0.237 e. The molecule has 2 rings (SSSR count). The molecule has 0 spiro atoms. The molecule has 0 amide bonds. The van der Waals surface area contributed by atoms with Gasteiger partial charge in [0.2, 0.25) is 7.42 Å². The Labute approximate surface area is 165 Å². The van der Waals surface area contributed by atoms with E-state index in [0.717, 1.165) is 36.7 Å². The van der Waals surface area contributed by atoms with E-state index in [1.807, 2.05) is 0 Å². The number of hydrogen-bond acceptors (Lipinski definition) is 1. The lowest BCUT2D eigenvalue weighted by atomic mass is 9.77. The zero-order valence-corrected chi connectivity index (χ0v) is 18.4. The average Bonchev–Trinajstić information content (AvgIpc) is 2.62. The maximum absolute atomic E-state index is 5.88. The topological polar surface area (TPSA) is 9.23 Å². The Morgan fingerprint density at radius 2 is 1.64 bits per heavy atom. The van der Waals surface area contributed by atoms with Crippen molar-refractivity contribution < 1.29 is 4.74 Å². The van der Waals surface area contributed by atoms with E-state index in [2.05, 4.69) is 31.2 Å². The Morgan fingerprint density at radius 3 is 2.28 bits per heavy atom. The summed E-state index contributed by atoms with van der Waals surface area (Å²) in [4.78, 5) is 0. The highest BCUT2D eigenvalue weighted by Crippen LogP contribution is 2.37. The predicted octanol–water partition coefficient (Wildman–Crippen LogP) is 7.40. The van der Waals surface area contributed by atoms with Gasteiger partial charge in [-0.25, -0.2) is 0 Å². The first kappa shape index (κ1) is 21.1. The Kier molecular flexibility index (Phi) is 10.3. The first-order chi connectivity index (χ1) is 12.2. The lowest BCUT2D eigenvalue weighted by molar-refractivity contribution is 0.302.